The molecule has 2 unspecified atom stereocenters. The molecule has 4 nitrogen and oxygen atoms in total. The second-order valence-electron chi connectivity index (χ2n) is 7.84. The molecule has 0 saturated carbocycles. The van der Waals surface area contributed by atoms with Crippen molar-refractivity contribution < 1.29 is 9.59 Å². The maximum absolute atomic E-state index is 13.3. The molecule has 2 aromatic rings. The minimum Gasteiger partial charge on any atom is -0.352 e. The van der Waals surface area contributed by atoms with E-state index in [4.69, 9.17) is 11.6 Å². The fraction of sp³-hybridized carbons (Fsp3) is 0.440. The summed E-state index contributed by atoms with van der Waals surface area (Å²) >= 11 is 6.36. The monoisotopic (exact) mass is 428 g/mol. The zero-order chi connectivity index (χ0) is 22.1. The average Bonchev–Trinajstić information content (AvgIpc) is 2.74. The van der Waals surface area contributed by atoms with Crippen LogP contribution in [0, 0.1) is 6.92 Å². The lowest BCUT2D eigenvalue weighted by atomic mass is 10.0. The molecule has 0 aliphatic rings. The van der Waals surface area contributed by atoms with Gasteiger partial charge < -0.3 is 10.2 Å². The zero-order valence-corrected chi connectivity index (χ0v) is 19.2. The number of carbonyl (C=O) groups excluding carboxylic acids is 2. The van der Waals surface area contributed by atoms with E-state index in [1.165, 1.54) is 5.56 Å². The third kappa shape index (κ3) is 6.88. The molecule has 2 amide bonds. The van der Waals surface area contributed by atoms with E-state index in [2.05, 4.69) is 17.4 Å². The largest absolute Gasteiger partial charge is 0.352 e. The molecule has 0 bridgehead atoms. The second kappa shape index (κ2) is 11.8. The van der Waals surface area contributed by atoms with Crippen molar-refractivity contribution in [3.8, 4) is 0 Å². The maximum Gasteiger partial charge on any atom is 0.243 e. The van der Waals surface area contributed by atoms with Gasteiger partial charge in [0.15, 0.2) is 0 Å². The summed E-state index contributed by atoms with van der Waals surface area (Å²) in [4.78, 5) is 27.9. The highest BCUT2D eigenvalue weighted by Crippen LogP contribution is 2.21. The molecular weight excluding hydrogens is 396 g/mol. The Labute approximate surface area is 185 Å². The Balaban J connectivity index is 2.21. The normalized spacial score (nSPS) is 12.8. The van der Waals surface area contributed by atoms with Crippen LogP contribution in [0.5, 0.6) is 0 Å². The Kier molecular flexibility index (Phi) is 9.38. The van der Waals surface area contributed by atoms with Crippen molar-refractivity contribution >= 4 is 23.4 Å². The number of carbonyl (C=O) groups is 2. The number of nitrogens with one attached hydrogen (secondary N) is 1. The number of hydrogen-bond acceptors (Lipinski definition) is 2. The van der Waals surface area contributed by atoms with Crippen LogP contribution in [0.2, 0.25) is 5.02 Å². The number of amides is 2. The van der Waals surface area contributed by atoms with Gasteiger partial charge in [0.25, 0.3) is 0 Å². The van der Waals surface area contributed by atoms with E-state index in [1.54, 1.807) is 4.90 Å². The van der Waals surface area contributed by atoms with Crippen LogP contribution in [0.1, 0.15) is 56.7 Å². The van der Waals surface area contributed by atoms with Crippen molar-refractivity contribution in [1.82, 2.24) is 10.2 Å². The molecule has 1 N–H and O–H groups in total. The molecule has 2 rings (SSSR count). The van der Waals surface area contributed by atoms with Crippen molar-refractivity contribution in [2.45, 2.75) is 72.0 Å². The molecule has 0 aliphatic carbocycles. The summed E-state index contributed by atoms with van der Waals surface area (Å²) in [5.41, 5.74) is 3.15. The van der Waals surface area contributed by atoms with Crippen LogP contribution in [0.4, 0.5) is 0 Å². The zero-order valence-electron chi connectivity index (χ0n) is 18.5. The lowest BCUT2D eigenvalue weighted by Crippen LogP contribution is -2.50. The van der Waals surface area contributed by atoms with Gasteiger partial charge in [-0.25, -0.2) is 0 Å². The molecule has 162 valence electrons. The number of halogens is 1. The van der Waals surface area contributed by atoms with Crippen molar-refractivity contribution in [2.24, 2.45) is 0 Å². The molecule has 0 aromatic heterocycles. The van der Waals surface area contributed by atoms with Gasteiger partial charge in [0.2, 0.25) is 11.8 Å². The third-order valence-electron chi connectivity index (χ3n) is 5.43. The van der Waals surface area contributed by atoms with E-state index in [-0.39, 0.29) is 17.9 Å². The summed E-state index contributed by atoms with van der Waals surface area (Å²) in [5.74, 6) is -0.149. The van der Waals surface area contributed by atoms with Crippen molar-refractivity contribution in [2.75, 3.05) is 0 Å². The summed E-state index contributed by atoms with van der Waals surface area (Å²) in [6.07, 6.45) is 2.37. The van der Waals surface area contributed by atoms with Gasteiger partial charge in [-0.05, 0) is 50.3 Å². The first-order valence-corrected chi connectivity index (χ1v) is 11.1. The van der Waals surface area contributed by atoms with Gasteiger partial charge in [-0.3, -0.25) is 9.59 Å². The fourth-order valence-electron chi connectivity index (χ4n) is 3.32. The van der Waals surface area contributed by atoms with E-state index in [9.17, 15) is 9.59 Å². The number of benzene rings is 2. The molecule has 2 atom stereocenters. The lowest BCUT2D eigenvalue weighted by molar-refractivity contribution is -0.141. The maximum atomic E-state index is 13.3. The predicted molar refractivity (Wildman–Crippen MR) is 123 cm³/mol. The Morgan fingerprint density at radius 2 is 1.70 bits per heavy atom. The Bertz CT molecular complexity index is 835. The first-order valence-electron chi connectivity index (χ1n) is 10.7. The van der Waals surface area contributed by atoms with Crippen LogP contribution in [-0.4, -0.2) is 28.8 Å². The molecular formula is C25H33ClN2O2. The molecule has 0 saturated heterocycles. The van der Waals surface area contributed by atoms with Gasteiger partial charge in [0, 0.05) is 24.0 Å². The van der Waals surface area contributed by atoms with Crippen molar-refractivity contribution in [1.29, 1.82) is 0 Å². The number of hydrogen-bond donors (Lipinski definition) is 1. The topological polar surface area (TPSA) is 49.4 Å². The van der Waals surface area contributed by atoms with E-state index < -0.39 is 6.04 Å². The second-order valence-corrected chi connectivity index (χ2v) is 8.25. The van der Waals surface area contributed by atoms with Crippen LogP contribution in [0.15, 0.2) is 48.5 Å². The summed E-state index contributed by atoms with van der Waals surface area (Å²) in [6, 6.07) is 15.2. The molecule has 2 aromatic carbocycles. The molecule has 0 aliphatic heterocycles. The number of aryl methyl sites for hydroxylation is 2. The van der Waals surface area contributed by atoms with Crippen molar-refractivity contribution in [3.63, 3.8) is 0 Å². The minimum atomic E-state index is -0.527. The number of rotatable bonds is 10. The summed E-state index contributed by atoms with van der Waals surface area (Å²) in [6.45, 7) is 8.30. The molecule has 0 radical (unpaired) electrons. The smallest absolute Gasteiger partial charge is 0.243 e. The third-order valence-corrected chi connectivity index (χ3v) is 5.80. The highest BCUT2D eigenvalue weighted by Gasteiger charge is 2.29. The Morgan fingerprint density at radius 3 is 2.30 bits per heavy atom. The van der Waals surface area contributed by atoms with Crippen LogP contribution in [0.3, 0.4) is 0 Å². The molecule has 0 heterocycles. The Hall–Kier alpha value is -2.33. The van der Waals surface area contributed by atoms with Gasteiger partial charge in [-0.2, -0.15) is 0 Å². The highest BCUT2D eigenvalue weighted by atomic mass is 35.5. The minimum absolute atomic E-state index is 0.0401. The molecule has 0 fully saturated rings. The first kappa shape index (κ1) is 23.9. The Morgan fingerprint density at radius 1 is 1.03 bits per heavy atom. The SMILES string of the molecule is CCC(C)NC(=O)C(CC)N(Cc1ccccc1Cl)C(=O)CCc1ccc(C)cc1. The quantitative estimate of drug-likeness (QED) is 0.558. The van der Waals surface area contributed by atoms with Crippen LogP contribution in [-0.2, 0) is 22.6 Å². The number of nitrogens with zero attached hydrogens (tertiary/aromatic N) is 1. The summed E-state index contributed by atoms with van der Waals surface area (Å²) < 4.78 is 0. The fourth-order valence-corrected chi connectivity index (χ4v) is 3.52. The van der Waals surface area contributed by atoms with E-state index in [0.717, 1.165) is 17.5 Å². The molecule has 30 heavy (non-hydrogen) atoms. The van der Waals surface area contributed by atoms with Crippen LogP contribution < -0.4 is 5.32 Å². The summed E-state index contributed by atoms with van der Waals surface area (Å²) in [7, 11) is 0. The predicted octanol–water partition coefficient (Wildman–Crippen LogP) is 5.30. The summed E-state index contributed by atoms with van der Waals surface area (Å²) in [5, 5.41) is 3.63. The lowest BCUT2D eigenvalue weighted by Gasteiger charge is -2.31. The van der Waals surface area contributed by atoms with E-state index in [1.807, 2.05) is 64.1 Å². The van der Waals surface area contributed by atoms with E-state index >= 15 is 0 Å². The van der Waals surface area contributed by atoms with Crippen LogP contribution >= 0.6 is 11.6 Å². The van der Waals surface area contributed by atoms with Crippen LogP contribution in [0.25, 0.3) is 0 Å². The van der Waals surface area contributed by atoms with Gasteiger partial charge in [0.1, 0.15) is 6.04 Å². The van der Waals surface area contributed by atoms with Gasteiger partial charge in [-0.1, -0.05) is 73.5 Å². The molecule has 0 spiro atoms. The highest BCUT2D eigenvalue weighted by molar-refractivity contribution is 6.31. The van der Waals surface area contributed by atoms with Gasteiger partial charge in [-0.15, -0.1) is 0 Å². The van der Waals surface area contributed by atoms with Gasteiger partial charge in [0.05, 0.1) is 0 Å². The van der Waals surface area contributed by atoms with E-state index in [0.29, 0.717) is 30.8 Å². The standard InChI is InChI=1S/C25H33ClN2O2/c1-5-19(4)27-25(30)23(6-2)28(17-21-9-7-8-10-22(21)26)24(29)16-15-20-13-11-18(3)12-14-20/h7-14,19,23H,5-6,15-17H2,1-4H3,(H,27,30). The van der Waals surface area contributed by atoms with Gasteiger partial charge >= 0.3 is 0 Å². The first-order chi connectivity index (χ1) is 14.3. The average molecular weight is 429 g/mol. The van der Waals surface area contributed by atoms with Crippen molar-refractivity contribution in [3.05, 3.63) is 70.2 Å². The molecule has 5 heteroatoms.